The van der Waals surface area contributed by atoms with Crippen molar-refractivity contribution in [1.29, 1.82) is 0 Å². The second kappa shape index (κ2) is 19.0. The predicted octanol–water partition coefficient (Wildman–Crippen LogP) is 6.05. The van der Waals surface area contributed by atoms with E-state index in [0.717, 1.165) is 32.8 Å². The summed E-state index contributed by atoms with van der Waals surface area (Å²) in [6, 6.07) is 0. The topological polar surface area (TPSA) is 12.5 Å². The van der Waals surface area contributed by atoms with Crippen molar-refractivity contribution in [2.45, 2.75) is 97.8 Å². The molecular formula is C20H43NO. The first-order valence-corrected chi connectivity index (χ1v) is 10.1. The Labute approximate surface area is 141 Å². The molecule has 0 saturated heterocycles. The van der Waals surface area contributed by atoms with Gasteiger partial charge in [0.15, 0.2) is 0 Å². The molecule has 0 heterocycles. The molecule has 0 aliphatic rings. The van der Waals surface area contributed by atoms with Crippen molar-refractivity contribution in [3.8, 4) is 0 Å². The average Bonchev–Trinajstić information content (AvgIpc) is 2.55. The number of rotatable bonds is 18. The van der Waals surface area contributed by atoms with Gasteiger partial charge >= 0.3 is 0 Å². The molecular weight excluding hydrogens is 270 g/mol. The van der Waals surface area contributed by atoms with Crippen LogP contribution in [-0.2, 0) is 4.74 Å². The van der Waals surface area contributed by atoms with E-state index < -0.39 is 0 Å². The highest BCUT2D eigenvalue weighted by Gasteiger charge is 1.98. The Balaban J connectivity index is 3.02. The summed E-state index contributed by atoms with van der Waals surface area (Å²) in [5.41, 5.74) is 0. The molecule has 0 amide bonds. The number of likely N-dealkylation sites (N-methyl/N-ethyl adjacent to an activating group) is 1. The van der Waals surface area contributed by atoms with Crippen LogP contribution in [0.1, 0.15) is 97.8 Å². The third kappa shape index (κ3) is 16.3. The van der Waals surface area contributed by atoms with E-state index in [0.29, 0.717) is 0 Å². The van der Waals surface area contributed by atoms with Crippen molar-refractivity contribution >= 4 is 0 Å². The first-order chi connectivity index (χ1) is 10.8. The van der Waals surface area contributed by atoms with E-state index in [1.165, 1.54) is 77.0 Å². The lowest BCUT2D eigenvalue weighted by Gasteiger charge is -2.17. The van der Waals surface area contributed by atoms with Crippen LogP contribution in [0, 0.1) is 0 Å². The van der Waals surface area contributed by atoms with Gasteiger partial charge in [0.2, 0.25) is 0 Å². The number of nitrogens with zero attached hydrogens (tertiary/aromatic N) is 1. The fourth-order valence-corrected chi connectivity index (χ4v) is 2.88. The van der Waals surface area contributed by atoms with E-state index in [4.69, 9.17) is 4.74 Å². The molecule has 0 N–H and O–H groups in total. The van der Waals surface area contributed by atoms with Crippen LogP contribution in [0.4, 0.5) is 0 Å². The summed E-state index contributed by atoms with van der Waals surface area (Å²) < 4.78 is 5.72. The third-order valence-electron chi connectivity index (χ3n) is 4.59. The number of ether oxygens (including phenoxy) is 1. The minimum Gasteiger partial charge on any atom is -0.380 e. The lowest BCUT2D eigenvalue weighted by Crippen LogP contribution is -2.27. The van der Waals surface area contributed by atoms with Crippen LogP contribution in [-0.4, -0.2) is 37.7 Å². The second-order valence-electron chi connectivity index (χ2n) is 6.53. The molecule has 2 heteroatoms. The van der Waals surface area contributed by atoms with Crippen molar-refractivity contribution in [3.05, 3.63) is 0 Å². The summed E-state index contributed by atoms with van der Waals surface area (Å²) in [6.07, 6.45) is 16.9. The van der Waals surface area contributed by atoms with E-state index in [2.05, 4.69) is 25.7 Å². The van der Waals surface area contributed by atoms with Gasteiger partial charge in [0.1, 0.15) is 0 Å². The summed E-state index contributed by atoms with van der Waals surface area (Å²) in [5.74, 6) is 0. The zero-order valence-electron chi connectivity index (χ0n) is 15.9. The first-order valence-electron chi connectivity index (χ1n) is 10.1. The van der Waals surface area contributed by atoms with Crippen LogP contribution >= 0.6 is 0 Å². The summed E-state index contributed by atoms with van der Waals surface area (Å²) >= 11 is 0. The normalized spacial score (nSPS) is 11.5. The lowest BCUT2D eigenvalue weighted by atomic mass is 10.1. The van der Waals surface area contributed by atoms with Crippen LogP contribution in [0.15, 0.2) is 0 Å². The summed E-state index contributed by atoms with van der Waals surface area (Å²) in [4.78, 5) is 2.42. The molecule has 0 fully saturated rings. The van der Waals surface area contributed by atoms with Gasteiger partial charge in [-0.25, -0.2) is 0 Å². The molecule has 0 saturated carbocycles. The lowest BCUT2D eigenvalue weighted by molar-refractivity contribution is 0.104. The smallest absolute Gasteiger partial charge is 0.0593 e. The fourth-order valence-electron chi connectivity index (χ4n) is 2.88. The highest BCUT2D eigenvalue weighted by atomic mass is 16.5. The highest BCUT2D eigenvalue weighted by Crippen LogP contribution is 2.11. The summed E-state index contributed by atoms with van der Waals surface area (Å²) in [5, 5.41) is 0. The number of unbranched alkanes of at least 4 members (excludes halogenated alkanes) is 11. The molecule has 2 nitrogen and oxygen atoms in total. The van der Waals surface area contributed by atoms with Crippen molar-refractivity contribution in [2.24, 2.45) is 0 Å². The van der Waals surface area contributed by atoms with Crippen molar-refractivity contribution < 1.29 is 4.74 Å². The average molecular weight is 314 g/mol. The molecule has 0 bridgehead atoms. The summed E-state index contributed by atoms with van der Waals surface area (Å²) in [6.45, 7) is 11.9. The monoisotopic (exact) mass is 313 g/mol. The Morgan fingerprint density at radius 1 is 0.545 bits per heavy atom. The SMILES string of the molecule is CCCCCCCCCCCCCCOCCN(CC)CC. The standard InChI is InChI=1S/C20H43NO/c1-4-7-8-9-10-11-12-13-14-15-16-17-19-22-20-18-21(5-2)6-3/h4-20H2,1-3H3. The third-order valence-corrected chi connectivity index (χ3v) is 4.59. The zero-order valence-corrected chi connectivity index (χ0v) is 15.9. The molecule has 0 aliphatic carbocycles. The molecule has 134 valence electrons. The van der Waals surface area contributed by atoms with Gasteiger partial charge in [-0.1, -0.05) is 91.4 Å². The van der Waals surface area contributed by atoms with Gasteiger partial charge in [0, 0.05) is 13.2 Å². The van der Waals surface area contributed by atoms with Crippen molar-refractivity contribution in [2.75, 3.05) is 32.8 Å². The molecule has 0 aliphatic heterocycles. The number of hydrogen-bond acceptors (Lipinski definition) is 2. The van der Waals surface area contributed by atoms with Crippen molar-refractivity contribution in [1.82, 2.24) is 4.90 Å². The van der Waals surface area contributed by atoms with Gasteiger partial charge in [-0.2, -0.15) is 0 Å². The predicted molar refractivity (Wildman–Crippen MR) is 99.7 cm³/mol. The van der Waals surface area contributed by atoms with Crippen LogP contribution < -0.4 is 0 Å². The van der Waals surface area contributed by atoms with Crippen LogP contribution in [0.25, 0.3) is 0 Å². The molecule has 22 heavy (non-hydrogen) atoms. The Morgan fingerprint density at radius 2 is 1.00 bits per heavy atom. The van der Waals surface area contributed by atoms with E-state index in [-0.39, 0.29) is 0 Å². The van der Waals surface area contributed by atoms with Gasteiger partial charge in [0.25, 0.3) is 0 Å². The second-order valence-corrected chi connectivity index (χ2v) is 6.53. The van der Waals surface area contributed by atoms with E-state index >= 15 is 0 Å². The molecule has 0 spiro atoms. The quantitative estimate of drug-likeness (QED) is 0.286. The van der Waals surface area contributed by atoms with Crippen molar-refractivity contribution in [3.63, 3.8) is 0 Å². The molecule has 0 aromatic rings. The molecule has 0 rings (SSSR count). The van der Waals surface area contributed by atoms with Gasteiger partial charge in [0.05, 0.1) is 6.61 Å². The Kier molecular flexibility index (Phi) is 18.9. The van der Waals surface area contributed by atoms with E-state index in [9.17, 15) is 0 Å². The van der Waals surface area contributed by atoms with Gasteiger partial charge in [-0.05, 0) is 19.5 Å². The summed E-state index contributed by atoms with van der Waals surface area (Å²) in [7, 11) is 0. The highest BCUT2D eigenvalue weighted by molar-refractivity contribution is 4.51. The van der Waals surface area contributed by atoms with E-state index in [1.54, 1.807) is 0 Å². The van der Waals surface area contributed by atoms with Crippen LogP contribution in [0.3, 0.4) is 0 Å². The minimum absolute atomic E-state index is 0.902. The van der Waals surface area contributed by atoms with Gasteiger partial charge < -0.3 is 9.64 Å². The maximum absolute atomic E-state index is 5.72. The zero-order chi connectivity index (χ0) is 16.3. The molecule has 0 radical (unpaired) electrons. The molecule has 0 aromatic heterocycles. The Morgan fingerprint density at radius 3 is 1.45 bits per heavy atom. The van der Waals surface area contributed by atoms with E-state index in [1.807, 2.05) is 0 Å². The Hall–Kier alpha value is -0.0800. The van der Waals surface area contributed by atoms with Crippen LogP contribution in [0.2, 0.25) is 0 Å². The maximum Gasteiger partial charge on any atom is 0.0593 e. The first kappa shape index (κ1) is 21.9. The van der Waals surface area contributed by atoms with Gasteiger partial charge in [-0.3, -0.25) is 0 Å². The fraction of sp³-hybridized carbons (Fsp3) is 1.00. The molecule has 0 aromatic carbocycles. The molecule has 0 atom stereocenters. The Bertz CT molecular complexity index is 192. The largest absolute Gasteiger partial charge is 0.380 e. The van der Waals surface area contributed by atoms with Gasteiger partial charge in [-0.15, -0.1) is 0 Å². The maximum atomic E-state index is 5.72. The van der Waals surface area contributed by atoms with Crippen LogP contribution in [0.5, 0.6) is 0 Å². The number of hydrogen-bond donors (Lipinski definition) is 0. The minimum atomic E-state index is 0.902. The molecule has 0 unspecified atom stereocenters.